The quantitative estimate of drug-likeness (QED) is 0.801. The van der Waals surface area contributed by atoms with Crippen LogP contribution in [0.3, 0.4) is 0 Å². The third-order valence-electron chi connectivity index (χ3n) is 4.46. The van der Waals surface area contributed by atoms with Crippen molar-refractivity contribution < 1.29 is 24.2 Å². The summed E-state index contributed by atoms with van der Waals surface area (Å²) in [6.45, 7) is 7.09. The number of carbonyl (C=O) groups is 3. The molecule has 2 amide bonds. The predicted molar refractivity (Wildman–Crippen MR) is 91.5 cm³/mol. The van der Waals surface area contributed by atoms with Crippen molar-refractivity contribution in [3.05, 3.63) is 28.8 Å². The predicted octanol–water partition coefficient (Wildman–Crippen LogP) is 1.04. The summed E-state index contributed by atoms with van der Waals surface area (Å²) in [6.07, 6.45) is -0.325. The van der Waals surface area contributed by atoms with E-state index in [1.54, 1.807) is 0 Å². The highest BCUT2D eigenvalue weighted by molar-refractivity contribution is 5.87. The average molecular weight is 348 g/mol. The van der Waals surface area contributed by atoms with Crippen molar-refractivity contribution in [3.63, 3.8) is 0 Å². The molecule has 2 N–H and O–H groups in total. The molecule has 0 spiro atoms. The lowest BCUT2D eigenvalue weighted by Gasteiger charge is -2.28. The van der Waals surface area contributed by atoms with Crippen molar-refractivity contribution in [2.45, 2.75) is 46.3 Å². The van der Waals surface area contributed by atoms with Gasteiger partial charge >= 0.3 is 5.97 Å². The Kier molecular flexibility index (Phi) is 5.66. The number of hydrogen-bond acceptors (Lipinski definition) is 4. The first-order chi connectivity index (χ1) is 11.7. The number of carbonyl (C=O) groups excluding carboxylic acids is 2. The lowest BCUT2D eigenvalue weighted by Crippen LogP contribution is -2.51. The maximum absolute atomic E-state index is 12.8. The molecule has 1 aromatic carbocycles. The summed E-state index contributed by atoms with van der Waals surface area (Å²) in [6, 6.07) is 2.90. The topological polar surface area (TPSA) is 95.9 Å². The van der Waals surface area contributed by atoms with Gasteiger partial charge in [0.25, 0.3) is 5.91 Å². The molecule has 2 unspecified atom stereocenters. The summed E-state index contributed by atoms with van der Waals surface area (Å²) in [5.74, 6) is -1.04. The fourth-order valence-corrected chi connectivity index (χ4v) is 2.82. The first kappa shape index (κ1) is 18.8. The van der Waals surface area contributed by atoms with Crippen LogP contribution in [-0.4, -0.2) is 53.0 Å². The number of carboxylic acids is 1. The van der Waals surface area contributed by atoms with Gasteiger partial charge in [0.1, 0.15) is 11.8 Å². The van der Waals surface area contributed by atoms with Crippen molar-refractivity contribution in [1.29, 1.82) is 0 Å². The van der Waals surface area contributed by atoms with Gasteiger partial charge in [0.05, 0.1) is 0 Å². The van der Waals surface area contributed by atoms with Crippen LogP contribution in [-0.2, 0) is 20.8 Å². The van der Waals surface area contributed by atoms with Crippen molar-refractivity contribution in [1.82, 2.24) is 10.2 Å². The smallest absolute Gasteiger partial charge is 0.326 e. The van der Waals surface area contributed by atoms with Crippen molar-refractivity contribution in [2.24, 2.45) is 0 Å². The van der Waals surface area contributed by atoms with Crippen LogP contribution in [0.15, 0.2) is 12.1 Å². The van der Waals surface area contributed by atoms with Crippen LogP contribution in [0.4, 0.5) is 0 Å². The van der Waals surface area contributed by atoms with Gasteiger partial charge in [-0.3, -0.25) is 9.59 Å². The highest BCUT2D eigenvalue weighted by Gasteiger charge is 2.36. The molecular formula is C18H24N2O5. The largest absolute Gasteiger partial charge is 0.480 e. The van der Waals surface area contributed by atoms with Crippen LogP contribution in [0.1, 0.15) is 30.5 Å². The van der Waals surface area contributed by atoms with Crippen LogP contribution >= 0.6 is 0 Å². The van der Waals surface area contributed by atoms with Gasteiger partial charge in [0.2, 0.25) is 5.91 Å². The van der Waals surface area contributed by atoms with Crippen LogP contribution in [0.25, 0.3) is 0 Å². The summed E-state index contributed by atoms with van der Waals surface area (Å²) in [4.78, 5) is 36.4. The Morgan fingerprint density at radius 2 is 1.96 bits per heavy atom. The standard InChI is InChI=1S/C18H24N2O5/c1-10-7-14-9-16(25-15(14)8-11(10)2)17(22)20(12(3)18(23)24)6-5-19-13(4)21/h7-8,12,16H,5-6,9H2,1-4H3,(H,19,21)(H,23,24). The molecule has 0 radical (unpaired) electrons. The van der Waals surface area contributed by atoms with Gasteiger partial charge in [0, 0.05) is 26.4 Å². The lowest BCUT2D eigenvalue weighted by molar-refractivity contribution is -0.152. The SMILES string of the molecule is CC(=O)NCCN(C(=O)C1Cc2cc(C)c(C)cc2O1)C(C)C(=O)O. The third kappa shape index (κ3) is 4.29. The molecule has 0 aromatic heterocycles. The molecule has 1 heterocycles. The maximum Gasteiger partial charge on any atom is 0.326 e. The number of carboxylic acid groups (broad SMARTS) is 1. The monoisotopic (exact) mass is 348 g/mol. The number of hydrogen-bond donors (Lipinski definition) is 2. The number of nitrogens with one attached hydrogen (secondary N) is 1. The van der Waals surface area contributed by atoms with Gasteiger partial charge < -0.3 is 20.1 Å². The van der Waals surface area contributed by atoms with Crippen molar-refractivity contribution in [3.8, 4) is 5.75 Å². The number of aryl methyl sites for hydroxylation is 2. The number of fused-ring (bicyclic) bond motifs is 1. The fourth-order valence-electron chi connectivity index (χ4n) is 2.82. The molecule has 1 aliphatic rings. The van der Waals surface area contributed by atoms with Gasteiger partial charge in [-0.05, 0) is 43.5 Å². The van der Waals surface area contributed by atoms with Gasteiger partial charge in [-0.15, -0.1) is 0 Å². The van der Waals surface area contributed by atoms with E-state index in [-0.39, 0.29) is 24.9 Å². The van der Waals surface area contributed by atoms with Crippen molar-refractivity contribution in [2.75, 3.05) is 13.1 Å². The van der Waals surface area contributed by atoms with E-state index in [4.69, 9.17) is 4.74 Å². The van der Waals surface area contributed by atoms with Crippen LogP contribution in [0.2, 0.25) is 0 Å². The van der Waals surface area contributed by atoms with Crippen LogP contribution in [0.5, 0.6) is 5.75 Å². The zero-order valence-electron chi connectivity index (χ0n) is 15.0. The molecule has 136 valence electrons. The molecule has 25 heavy (non-hydrogen) atoms. The molecule has 0 saturated heterocycles. The molecule has 0 aliphatic carbocycles. The van der Waals surface area contributed by atoms with Gasteiger partial charge in [0.15, 0.2) is 6.10 Å². The summed E-state index contributed by atoms with van der Waals surface area (Å²) in [5.41, 5.74) is 3.15. The maximum atomic E-state index is 12.8. The Bertz CT molecular complexity index is 670. The van der Waals surface area contributed by atoms with Crippen LogP contribution < -0.4 is 10.1 Å². The van der Waals surface area contributed by atoms with E-state index in [1.165, 1.54) is 18.7 Å². The third-order valence-corrected chi connectivity index (χ3v) is 4.46. The lowest BCUT2D eigenvalue weighted by atomic mass is 10.0. The molecule has 1 aromatic rings. The molecule has 0 fully saturated rings. The number of aliphatic carboxylic acids is 1. The van der Waals surface area contributed by atoms with E-state index in [2.05, 4.69) is 5.32 Å². The number of amides is 2. The molecule has 2 rings (SSSR count). The van der Waals surface area contributed by atoms with Gasteiger partial charge in [-0.2, -0.15) is 0 Å². The second kappa shape index (κ2) is 7.55. The summed E-state index contributed by atoms with van der Waals surface area (Å²) >= 11 is 0. The van der Waals surface area contributed by atoms with E-state index in [0.29, 0.717) is 12.2 Å². The molecule has 1 aliphatic heterocycles. The number of benzene rings is 1. The second-order valence-electron chi connectivity index (χ2n) is 6.38. The molecule has 0 bridgehead atoms. The fraction of sp³-hybridized carbons (Fsp3) is 0.500. The first-order valence-corrected chi connectivity index (χ1v) is 8.25. The minimum absolute atomic E-state index is 0.111. The minimum Gasteiger partial charge on any atom is -0.480 e. The van der Waals surface area contributed by atoms with Gasteiger partial charge in [-0.25, -0.2) is 4.79 Å². The zero-order valence-corrected chi connectivity index (χ0v) is 15.0. The summed E-state index contributed by atoms with van der Waals surface area (Å²) in [5, 5.41) is 11.9. The van der Waals surface area contributed by atoms with Crippen LogP contribution in [0, 0.1) is 13.8 Å². The highest BCUT2D eigenvalue weighted by atomic mass is 16.5. The molecule has 2 atom stereocenters. The first-order valence-electron chi connectivity index (χ1n) is 8.25. The highest BCUT2D eigenvalue weighted by Crippen LogP contribution is 2.32. The van der Waals surface area contributed by atoms with E-state index >= 15 is 0 Å². The Morgan fingerprint density at radius 3 is 2.56 bits per heavy atom. The molecule has 7 heteroatoms. The van der Waals surface area contributed by atoms with Crippen molar-refractivity contribution >= 4 is 17.8 Å². The number of ether oxygens (including phenoxy) is 1. The Labute approximate surface area is 147 Å². The Morgan fingerprint density at radius 1 is 1.32 bits per heavy atom. The van der Waals surface area contributed by atoms with E-state index in [0.717, 1.165) is 16.7 Å². The molecular weight excluding hydrogens is 324 g/mol. The average Bonchev–Trinajstić information content (AvgIpc) is 2.93. The number of nitrogens with zero attached hydrogens (tertiary/aromatic N) is 1. The zero-order chi connectivity index (χ0) is 18.7. The Balaban J connectivity index is 2.13. The van der Waals surface area contributed by atoms with E-state index in [9.17, 15) is 19.5 Å². The summed E-state index contributed by atoms with van der Waals surface area (Å²) in [7, 11) is 0. The van der Waals surface area contributed by atoms with E-state index < -0.39 is 18.1 Å². The number of rotatable bonds is 6. The van der Waals surface area contributed by atoms with E-state index in [1.807, 2.05) is 26.0 Å². The minimum atomic E-state index is -1.10. The second-order valence-corrected chi connectivity index (χ2v) is 6.38. The Hall–Kier alpha value is -2.57. The van der Waals surface area contributed by atoms with Gasteiger partial charge in [-0.1, -0.05) is 6.07 Å². The normalized spacial score (nSPS) is 16.6. The summed E-state index contributed by atoms with van der Waals surface area (Å²) < 4.78 is 5.77. The molecule has 0 saturated carbocycles. The molecule has 7 nitrogen and oxygen atoms in total.